The van der Waals surface area contributed by atoms with Crippen molar-refractivity contribution in [3.8, 4) is 0 Å². The van der Waals surface area contributed by atoms with E-state index in [1.807, 2.05) is 46.0 Å². The zero-order valence-corrected chi connectivity index (χ0v) is 26.9. The molecule has 0 spiro atoms. The maximum Gasteiger partial charge on any atom is 0.253 e. The van der Waals surface area contributed by atoms with Crippen molar-refractivity contribution < 1.29 is 14.3 Å². The fraction of sp³-hybridized carbons (Fsp3) is 0.412. The third-order valence-corrected chi connectivity index (χ3v) is 6.96. The Kier molecular flexibility index (Phi) is 16.1. The molecule has 0 bridgehead atoms. The summed E-state index contributed by atoms with van der Waals surface area (Å²) in [6, 6.07) is 3.28. The summed E-state index contributed by atoms with van der Waals surface area (Å²) in [7, 11) is 6.88. The second-order valence-electron chi connectivity index (χ2n) is 9.99. The lowest BCUT2D eigenvalue weighted by Crippen LogP contribution is -2.37. The van der Waals surface area contributed by atoms with Crippen molar-refractivity contribution >= 4 is 17.7 Å². The first-order chi connectivity index (χ1) is 20.0. The molecule has 1 heterocycles. The van der Waals surface area contributed by atoms with Crippen LogP contribution in [-0.4, -0.2) is 81.1 Å². The molecule has 1 aliphatic heterocycles. The maximum absolute atomic E-state index is 15.1. The van der Waals surface area contributed by atoms with Gasteiger partial charge in [-0.15, -0.1) is 0 Å². The minimum Gasteiger partial charge on any atom is -0.388 e. The van der Waals surface area contributed by atoms with Crippen LogP contribution in [-0.2, 0) is 0 Å². The van der Waals surface area contributed by atoms with E-state index in [1.165, 1.54) is 11.0 Å². The number of hydrogen-bond donors (Lipinski definition) is 3. The predicted octanol–water partition coefficient (Wildman–Crippen LogP) is 5.63. The van der Waals surface area contributed by atoms with Crippen LogP contribution in [0.5, 0.6) is 0 Å². The number of benzene rings is 1. The quantitative estimate of drug-likeness (QED) is 0.170. The van der Waals surface area contributed by atoms with Crippen LogP contribution in [0.15, 0.2) is 82.7 Å². The van der Waals surface area contributed by atoms with Crippen LogP contribution in [0.3, 0.4) is 0 Å². The van der Waals surface area contributed by atoms with Gasteiger partial charge in [-0.25, -0.2) is 4.39 Å². The summed E-state index contributed by atoms with van der Waals surface area (Å²) in [5.41, 5.74) is 6.47. The van der Waals surface area contributed by atoms with Gasteiger partial charge >= 0.3 is 0 Å². The Bertz CT molecular complexity index is 1230. The molecular formula is C34H50FN5O2. The average Bonchev–Trinajstić information content (AvgIpc) is 2.98. The van der Waals surface area contributed by atoms with Crippen molar-refractivity contribution in [2.45, 2.75) is 47.1 Å². The predicted molar refractivity (Wildman–Crippen MR) is 176 cm³/mol. The smallest absolute Gasteiger partial charge is 0.253 e. The normalized spacial score (nSPS) is 15.7. The molecule has 1 unspecified atom stereocenters. The first-order valence-corrected chi connectivity index (χ1v) is 14.4. The number of likely N-dealkylation sites (N-methyl/N-ethyl adjacent to an activating group) is 1. The Labute approximate surface area is 252 Å². The standard InChI is InChI=1S/C32H44FN5O2.C2H6/c1-22(17-23(2)27(9-13-34-5)19-29(35-6)10-14-36-21-39)25(4)38-15-11-26(12-16-38)31-24(3)18-28(20-30(31)33)32(40)37(7)8;1-2/h9-11,13-14,17-20,25,35-36,39H,2,12,15-16,21H2,1,3-8H3;1-2H3/b14-10-,22-17+,27-9-,29-19+,34-13?;. The van der Waals surface area contributed by atoms with Crippen molar-refractivity contribution in [2.75, 3.05) is 48.0 Å². The molecule has 1 aromatic carbocycles. The highest BCUT2D eigenvalue weighted by molar-refractivity contribution is 5.94. The molecule has 0 saturated heterocycles. The Balaban J connectivity index is 0.00000431. The van der Waals surface area contributed by atoms with Crippen molar-refractivity contribution in [1.29, 1.82) is 0 Å². The Morgan fingerprint density at radius 1 is 1.29 bits per heavy atom. The molecule has 230 valence electrons. The summed E-state index contributed by atoms with van der Waals surface area (Å²) in [6.45, 7) is 15.8. The lowest BCUT2D eigenvalue weighted by Gasteiger charge is -2.33. The molecule has 1 aromatic rings. The number of aliphatic hydroxyl groups excluding tert-OH is 1. The third kappa shape index (κ3) is 10.6. The number of allylic oxidation sites excluding steroid dienone is 6. The van der Waals surface area contributed by atoms with Gasteiger partial charge in [0.25, 0.3) is 5.91 Å². The summed E-state index contributed by atoms with van der Waals surface area (Å²) in [5.74, 6) is -0.556. The average molecular weight is 580 g/mol. The number of amides is 1. The number of carbonyl (C=O) groups is 1. The molecule has 0 fully saturated rings. The van der Waals surface area contributed by atoms with Gasteiger partial charge in [0.2, 0.25) is 0 Å². The Morgan fingerprint density at radius 3 is 2.50 bits per heavy atom. The molecular weight excluding hydrogens is 529 g/mol. The first-order valence-electron chi connectivity index (χ1n) is 14.4. The summed E-state index contributed by atoms with van der Waals surface area (Å²) in [4.78, 5) is 20.2. The summed E-state index contributed by atoms with van der Waals surface area (Å²) in [6.07, 6.45) is 14.0. The number of aliphatic hydroxyl groups is 1. The van der Waals surface area contributed by atoms with E-state index < -0.39 is 0 Å². The topological polar surface area (TPSA) is 80.2 Å². The molecule has 0 saturated carbocycles. The van der Waals surface area contributed by atoms with E-state index in [1.54, 1.807) is 39.6 Å². The van der Waals surface area contributed by atoms with Gasteiger partial charge in [-0.3, -0.25) is 14.7 Å². The number of nitrogens with one attached hydrogen (secondary N) is 2. The molecule has 1 atom stereocenters. The Hall–Kier alpha value is -3.75. The zero-order chi connectivity index (χ0) is 31.8. The van der Waals surface area contributed by atoms with Gasteiger partial charge in [-0.1, -0.05) is 38.2 Å². The molecule has 0 aromatic heterocycles. The maximum atomic E-state index is 15.1. The third-order valence-electron chi connectivity index (χ3n) is 6.96. The van der Waals surface area contributed by atoms with Gasteiger partial charge in [0, 0.05) is 76.6 Å². The molecule has 0 radical (unpaired) electrons. The van der Waals surface area contributed by atoms with E-state index >= 15 is 4.39 Å². The highest BCUT2D eigenvalue weighted by atomic mass is 19.1. The lowest BCUT2D eigenvalue weighted by molar-refractivity contribution is 0.0827. The second-order valence-corrected chi connectivity index (χ2v) is 9.99. The van der Waals surface area contributed by atoms with E-state index in [0.717, 1.165) is 46.5 Å². The number of nitrogens with zero attached hydrogens (tertiary/aromatic N) is 3. The van der Waals surface area contributed by atoms with E-state index in [4.69, 9.17) is 5.11 Å². The second kappa shape index (κ2) is 18.6. The molecule has 3 N–H and O–H groups in total. The zero-order valence-electron chi connectivity index (χ0n) is 26.9. The highest BCUT2D eigenvalue weighted by Crippen LogP contribution is 2.30. The minimum absolute atomic E-state index is 0.142. The largest absolute Gasteiger partial charge is 0.388 e. The van der Waals surface area contributed by atoms with Crippen LogP contribution in [0.25, 0.3) is 5.57 Å². The van der Waals surface area contributed by atoms with Crippen molar-refractivity contribution in [1.82, 2.24) is 20.4 Å². The highest BCUT2D eigenvalue weighted by Gasteiger charge is 2.23. The minimum atomic E-state index is -0.351. The molecule has 2 rings (SSSR count). The number of hydrogen-bond acceptors (Lipinski definition) is 6. The van der Waals surface area contributed by atoms with Crippen LogP contribution < -0.4 is 10.6 Å². The lowest BCUT2D eigenvalue weighted by atomic mass is 9.92. The van der Waals surface area contributed by atoms with E-state index in [2.05, 4.69) is 53.1 Å². The van der Waals surface area contributed by atoms with Gasteiger partial charge in [0.15, 0.2) is 0 Å². The molecule has 1 amide bonds. The first kappa shape index (κ1) is 36.3. The van der Waals surface area contributed by atoms with Gasteiger partial charge in [-0.05, 0) is 79.8 Å². The van der Waals surface area contributed by atoms with E-state index in [-0.39, 0.29) is 24.5 Å². The van der Waals surface area contributed by atoms with Gasteiger partial charge in [0.05, 0.1) is 0 Å². The molecule has 1 aliphatic rings. The van der Waals surface area contributed by atoms with Crippen molar-refractivity contribution in [3.05, 3.63) is 100 Å². The number of rotatable bonds is 12. The SMILES string of the molecule is C=C(/C=C(\C)C(C)N1CC=C(c2c(C)cc(C(=O)N(C)C)cc2F)CC1)C(=C\C=NC)/C=C(\C=C/NCO)NC.CC. The van der Waals surface area contributed by atoms with Crippen LogP contribution >= 0.6 is 0 Å². The number of aryl methyl sites for hydroxylation is 1. The molecule has 0 aliphatic carbocycles. The fourth-order valence-electron chi connectivity index (χ4n) is 4.54. The van der Waals surface area contributed by atoms with Gasteiger partial charge in [0.1, 0.15) is 12.5 Å². The van der Waals surface area contributed by atoms with Crippen LogP contribution in [0.1, 0.15) is 55.6 Å². The van der Waals surface area contributed by atoms with Crippen molar-refractivity contribution in [2.24, 2.45) is 4.99 Å². The van der Waals surface area contributed by atoms with Crippen LogP contribution in [0, 0.1) is 12.7 Å². The fourth-order valence-corrected chi connectivity index (χ4v) is 4.54. The van der Waals surface area contributed by atoms with Crippen LogP contribution in [0.2, 0.25) is 0 Å². The molecule has 7 nitrogen and oxygen atoms in total. The number of carbonyl (C=O) groups excluding carboxylic acids is 1. The summed E-state index contributed by atoms with van der Waals surface area (Å²) < 4.78 is 15.1. The van der Waals surface area contributed by atoms with Gasteiger partial charge in [-0.2, -0.15) is 0 Å². The van der Waals surface area contributed by atoms with Crippen molar-refractivity contribution in [3.63, 3.8) is 0 Å². The summed E-state index contributed by atoms with van der Waals surface area (Å²) in [5, 5.41) is 14.8. The molecule has 8 heteroatoms. The number of aliphatic imine (C=N–C) groups is 1. The molecule has 42 heavy (non-hydrogen) atoms. The van der Waals surface area contributed by atoms with Crippen LogP contribution in [0.4, 0.5) is 4.39 Å². The monoisotopic (exact) mass is 579 g/mol. The summed E-state index contributed by atoms with van der Waals surface area (Å²) >= 11 is 0. The Morgan fingerprint density at radius 2 is 1.98 bits per heavy atom. The van der Waals surface area contributed by atoms with Gasteiger partial charge < -0.3 is 20.6 Å². The van der Waals surface area contributed by atoms with E-state index in [9.17, 15) is 4.79 Å². The number of halogens is 1. The van der Waals surface area contributed by atoms with E-state index in [0.29, 0.717) is 17.7 Å².